The Morgan fingerprint density at radius 3 is 2.65 bits per heavy atom. The van der Waals surface area contributed by atoms with Gasteiger partial charge in [0.1, 0.15) is 0 Å². The minimum absolute atomic E-state index is 0.256. The number of hydrogen-bond donors (Lipinski definition) is 1. The van der Waals surface area contributed by atoms with Crippen LogP contribution in [0.5, 0.6) is 0 Å². The van der Waals surface area contributed by atoms with Gasteiger partial charge in [-0.25, -0.2) is 0 Å². The van der Waals surface area contributed by atoms with Gasteiger partial charge in [-0.15, -0.1) is 0 Å². The molecule has 17 heavy (non-hydrogen) atoms. The van der Waals surface area contributed by atoms with Gasteiger partial charge in [-0.2, -0.15) is 0 Å². The molecule has 0 spiro atoms. The van der Waals surface area contributed by atoms with E-state index in [1.54, 1.807) is 7.11 Å². The van der Waals surface area contributed by atoms with Gasteiger partial charge in [0.25, 0.3) is 0 Å². The maximum Gasteiger partial charge on any atom is 0.0462 e. The molecule has 2 rings (SSSR count). The lowest BCUT2D eigenvalue weighted by atomic mass is 9.71. The fourth-order valence-corrected chi connectivity index (χ4v) is 2.87. The lowest BCUT2D eigenvalue weighted by Crippen LogP contribution is -2.56. The van der Waals surface area contributed by atoms with Crippen molar-refractivity contribution in [3.8, 4) is 0 Å². The Morgan fingerprint density at radius 2 is 2.06 bits per heavy atom. The van der Waals surface area contributed by atoms with Gasteiger partial charge in [-0.3, -0.25) is 0 Å². The minimum atomic E-state index is 0.256. The van der Waals surface area contributed by atoms with E-state index < -0.39 is 0 Å². The first-order chi connectivity index (χ1) is 8.28. The molecule has 0 radical (unpaired) electrons. The molecule has 0 saturated carbocycles. The number of methoxy groups -OCH3 is 1. The van der Waals surface area contributed by atoms with Gasteiger partial charge in [0.15, 0.2) is 0 Å². The molecule has 2 nitrogen and oxygen atoms in total. The van der Waals surface area contributed by atoms with E-state index in [4.69, 9.17) is 16.3 Å². The molecule has 1 heterocycles. The number of halogens is 1. The molecule has 0 atom stereocenters. The molecule has 1 fully saturated rings. The third-order valence-corrected chi connectivity index (χ3v) is 3.96. The van der Waals surface area contributed by atoms with Crippen LogP contribution in [0.4, 0.5) is 0 Å². The highest BCUT2D eigenvalue weighted by Crippen LogP contribution is 2.37. The van der Waals surface area contributed by atoms with E-state index in [1.807, 2.05) is 12.1 Å². The zero-order chi connectivity index (χ0) is 12.1. The number of ether oxygens (including phenoxy) is 1. The zero-order valence-electron chi connectivity index (χ0n) is 10.3. The van der Waals surface area contributed by atoms with Crippen LogP contribution in [-0.4, -0.2) is 26.8 Å². The van der Waals surface area contributed by atoms with E-state index in [0.29, 0.717) is 0 Å². The fraction of sp³-hybridized carbons (Fsp3) is 0.571. The minimum Gasteiger partial charge on any atom is -0.385 e. The standard InChI is InChI=1S/C14H20ClNO/c1-17-9-5-4-8-14(10-16-11-14)12-6-2-3-7-13(12)15/h2-3,6-7,16H,4-5,8-11H2,1H3. The van der Waals surface area contributed by atoms with Gasteiger partial charge in [0, 0.05) is 37.2 Å². The summed E-state index contributed by atoms with van der Waals surface area (Å²) >= 11 is 6.31. The summed E-state index contributed by atoms with van der Waals surface area (Å²) in [6, 6.07) is 8.23. The molecular weight excluding hydrogens is 234 g/mol. The first-order valence-electron chi connectivity index (χ1n) is 6.23. The van der Waals surface area contributed by atoms with Crippen LogP contribution in [0.25, 0.3) is 0 Å². The number of benzene rings is 1. The predicted molar refractivity (Wildman–Crippen MR) is 71.7 cm³/mol. The Kier molecular flexibility index (Phi) is 4.43. The van der Waals surface area contributed by atoms with Crippen molar-refractivity contribution >= 4 is 11.6 Å². The van der Waals surface area contributed by atoms with Gasteiger partial charge in [-0.1, -0.05) is 36.2 Å². The summed E-state index contributed by atoms with van der Waals surface area (Å²) in [5.74, 6) is 0. The molecule has 1 saturated heterocycles. The smallest absolute Gasteiger partial charge is 0.0462 e. The van der Waals surface area contributed by atoms with Crippen LogP contribution in [0.3, 0.4) is 0 Å². The van der Waals surface area contributed by atoms with Crippen LogP contribution >= 0.6 is 11.6 Å². The van der Waals surface area contributed by atoms with Crippen LogP contribution in [-0.2, 0) is 10.2 Å². The SMILES string of the molecule is COCCCCC1(c2ccccc2Cl)CNC1. The van der Waals surface area contributed by atoms with Gasteiger partial charge in [0.05, 0.1) is 0 Å². The van der Waals surface area contributed by atoms with E-state index in [-0.39, 0.29) is 5.41 Å². The third-order valence-electron chi connectivity index (χ3n) is 3.63. The number of unbranched alkanes of at least 4 members (excludes halogenated alkanes) is 1. The Balaban J connectivity index is 2.02. The van der Waals surface area contributed by atoms with Crippen LogP contribution in [0.2, 0.25) is 5.02 Å². The van der Waals surface area contributed by atoms with E-state index in [9.17, 15) is 0 Å². The summed E-state index contributed by atoms with van der Waals surface area (Å²) in [4.78, 5) is 0. The molecule has 1 aliphatic heterocycles. The molecule has 0 amide bonds. The van der Waals surface area contributed by atoms with Gasteiger partial charge >= 0.3 is 0 Å². The maximum absolute atomic E-state index is 6.31. The average molecular weight is 254 g/mol. The highest BCUT2D eigenvalue weighted by atomic mass is 35.5. The first-order valence-corrected chi connectivity index (χ1v) is 6.61. The van der Waals surface area contributed by atoms with Crippen LogP contribution < -0.4 is 5.32 Å². The summed E-state index contributed by atoms with van der Waals surface area (Å²) in [6.07, 6.45) is 3.51. The van der Waals surface area contributed by atoms with E-state index >= 15 is 0 Å². The Bertz CT molecular complexity index is 363. The first kappa shape index (κ1) is 12.9. The van der Waals surface area contributed by atoms with Gasteiger partial charge in [-0.05, 0) is 24.5 Å². The fourth-order valence-electron chi connectivity index (χ4n) is 2.53. The average Bonchev–Trinajstić information content (AvgIpc) is 2.29. The van der Waals surface area contributed by atoms with Crippen molar-refractivity contribution < 1.29 is 4.74 Å². The van der Waals surface area contributed by atoms with Crippen molar-refractivity contribution in [3.63, 3.8) is 0 Å². The molecule has 0 bridgehead atoms. The normalized spacial score (nSPS) is 17.8. The molecule has 0 unspecified atom stereocenters. The van der Waals surface area contributed by atoms with Crippen molar-refractivity contribution in [1.29, 1.82) is 0 Å². The summed E-state index contributed by atoms with van der Waals surface area (Å²) in [6.45, 7) is 2.94. The van der Waals surface area contributed by atoms with Gasteiger partial charge in [0.2, 0.25) is 0 Å². The third kappa shape index (κ3) is 2.82. The number of nitrogens with one attached hydrogen (secondary N) is 1. The molecule has 1 N–H and O–H groups in total. The maximum atomic E-state index is 6.31. The van der Waals surface area contributed by atoms with Crippen molar-refractivity contribution in [2.24, 2.45) is 0 Å². The molecular formula is C14H20ClNO. The molecule has 1 aromatic rings. The second kappa shape index (κ2) is 5.85. The summed E-state index contributed by atoms with van der Waals surface area (Å²) < 4.78 is 5.10. The van der Waals surface area contributed by atoms with Crippen molar-refractivity contribution in [2.45, 2.75) is 24.7 Å². The summed E-state index contributed by atoms with van der Waals surface area (Å²) in [5.41, 5.74) is 1.56. The zero-order valence-corrected chi connectivity index (χ0v) is 11.1. The van der Waals surface area contributed by atoms with Crippen molar-refractivity contribution in [3.05, 3.63) is 34.9 Å². The Hall–Kier alpha value is -0.570. The largest absolute Gasteiger partial charge is 0.385 e. The van der Waals surface area contributed by atoms with Crippen LogP contribution in [0.15, 0.2) is 24.3 Å². The Morgan fingerprint density at radius 1 is 1.29 bits per heavy atom. The molecule has 0 aromatic heterocycles. The highest BCUT2D eigenvalue weighted by molar-refractivity contribution is 6.31. The second-order valence-corrected chi connectivity index (χ2v) is 5.22. The number of rotatable bonds is 6. The molecule has 94 valence electrons. The van der Waals surface area contributed by atoms with Gasteiger partial charge < -0.3 is 10.1 Å². The molecule has 1 aromatic carbocycles. The predicted octanol–water partition coefficient (Wildman–Crippen LogP) is 3.00. The lowest BCUT2D eigenvalue weighted by Gasteiger charge is -2.44. The van der Waals surface area contributed by atoms with Crippen LogP contribution in [0, 0.1) is 0 Å². The second-order valence-electron chi connectivity index (χ2n) is 4.81. The van der Waals surface area contributed by atoms with Crippen LogP contribution in [0.1, 0.15) is 24.8 Å². The number of hydrogen-bond acceptors (Lipinski definition) is 2. The molecule has 0 aliphatic carbocycles. The quantitative estimate of drug-likeness (QED) is 0.787. The lowest BCUT2D eigenvalue weighted by molar-refractivity contribution is 0.181. The topological polar surface area (TPSA) is 21.3 Å². The van der Waals surface area contributed by atoms with E-state index in [0.717, 1.165) is 31.1 Å². The van der Waals surface area contributed by atoms with E-state index in [2.05, 4.69) is 17.4 Å². The van der Waals surface area contributed by atoms with Crippen molar-refractivity contribution in [2.75, 3.05) is 26.8 Å². The molecule has 1 aliphatic rings. The highest BCUT2D eigenvalue weighted by Gasteiger charge is 2.39. The monoisotopic (exact) mass is 253 g/mol. The summed E-state index contributed by atoms with van der Waals surface area (Å²) in [7, 11) is 1.76. The molecule has 3 heteroatoms. The van der Waals surface area contributed by atoms with E-state index in [1.165, 1.54) is 18.4 Å². The Labute approximate surface area is 108 Å². The van der Waals surface area contributed by atoms with Crippen molar-refractivity contribution in [1.82, 2.24) is 5.32 Å². The summed E-state index contributed by atoms with van der Waals surface area (Å²) in [5, 5.41) is 4.28.